The predicted octanol–water partition coefficient (Wildman–Crippen LogP) is 4.03. The summed E-state index contributed by atoms with van der Waals surface area (Å²) in [6.45, 7) is 9.43. The number of ether oxygens (including phenoxy) is 1. The number of hydrogen-bond acceptors (Lipinski definition) is 3. The van der Waals surface area contributed by atoms with Gasteiger partial charge in [-0.3, -0.25) is 0 Å². The predicted molar refractivity (Wildman–Crippen MR) is 84.4 cm³/mol. The minimum absolute atomic E-state index is 0.0324. The summed E-state index contributed by atoms with van der Waals surface area (Å²) in [5.74, 6) is -0.496. The molecular weight excluding hydrogens is 268 g/mol. The van der Waals surface area contributed by atoms with Gasteiger partial charge in [0.1, 0.15) is 6.10 Å². The molecule has 0 fully saturated rings. The van der Waals surface area contributed by atoms with Gasteiger partial charge < -0.3 is 9.16 Å². The van der Waals surface area contributed by atoms with E-state index in [0.29, 0.717) is 5.56 Å². The van der Waals surface area contributed by atoms with E-state index >= 15 is 0 Å². The van der Waals surface area contributed by atoms with Gasteiger partial charge in [0, 0.05) is 0 Å². The van der Waals surface area contributed by atoms with Crippen molar-refractivity contribution in [2.24, 2.45) is 0 Å². The molecule has 0 saturated carbocycles. The SMILES string of the molecule is [2H]/C(=C(/[2H])[C@@H](C)OC(=O)c1ccccc1)C(C)O[Si](C)(C)C. The molecule has 0 spiro atoms. The first-order valence-electron chi connectivity index (χ1n) is 7.73. The zero-order valence-corrected chi connectivity index (χ0v) is 13.8. The maximum atomic E-state index is 12.0. The number of rotatable bonds is 6. The van der Waals surface area contributed by atoms with Crippen LogP contribution in [-0.2, 0) is 9.16 Å². The van der Waals surface area contributed by atoms with E-state index in [9.17, 15) is 4.79 Å². The molecular formula is C16H24O3Si. The third-order valence-corrected chi connectivity index (χ3v) is 3.37. The Morgan fingerprint density at radius 1 is 1.15 bits per heavy atom. The first-order chi connectivity index (χ1) is 10.1. The number of benzene rings is 1. The fourth-order valence-electron chi connectivity index (χ4n) is 1.63. The number of esters is 1. The van der Waals surface area contributed by atoms with Crippen molar-refractivity contribution in [3.05, 3.63) is 48.0 Å². The fourth-order valence-corrected chi connectivity index (χ4v) is 2.75. The van der Waals surface area contributed by atoms with Crippen LogP contribution in [0.25, 0.3) is 0 Å². The van der Waals surface area contributed by atoms with E-state index in [0.717, 1.165) is 0 Å². The minimum Gasteiger partial charge on any atom is -0.455 e. The van der Waals surface area contributed by atoms with Gasteiger partial charge >= 0.3 is 5.97 Å². The second-order valence-electron chi connectivity index (χ2n) is 5.57. The molecule has 0 aliphatic rings. The Bertz CT molecular complexity index is 538. The molecule has 1 rings (SSSR count). The smallest absolute Gasteiger partial charge is 0.338 e. The van der Waals surface area contributed by atoms with Gasteiger partial charge in [-0.1, -0.05) is 24.3 Å². The topological polar surface area (TPSA) is 35.5 Å². The quantitative estimate of drug-likeness (QED) is 0.451. The summed E-state index contributed by atoms with van der Waals surface area (Å²) in [5.41, 5.74) is 0.431. The van der Waals surface area contributed by atoms with Crippen molar-refractivity contribution in [1.82, 2.24) is 0 Å². The molecule has 0 heterocycles. The average Bonchev–Trinajstić information content (AvgIpc) is 2.44. The van der Waals surface area contributed by atoms with Gasteiger partial charge in [0.25, 0.3) is 0 Å². The average molecular weight is 294 g/mol. The Balaban J connectivity index is 2.76. The van der Waals surface area contributed by atoms with Gasteiger partial charge in [0.15, 0.2) is 8.32 Å². The highest BCUT2D eigenvalue weighted by atomic mass is 28.4. The molecule has 110 valence electrons. The summed E-state index contributed by atoms with van der Waals surface area (Å²) in [6.07, 6.45) is -1.26. The Morgan fingerprint density at radius 3 is 2.25 bits per heavy atom. The molecule has 0 aliphatic carbocycles. The maximum absolute atomic E-state index is 12.0. The van der Waals surface area contributed by atoms with Crippen molar-refractivity contribution < 1.29 is 16.7 Å². The van der Waals surface area contributed by atoms with Crippen LogP contribution in [0, 0.1) is 0 Å². The molecule has 1 unspecified atom stereocenters. The van der Waals surface area contributed by atoms with Crippen LogP contribution in [0.3, 0.4) is 0 Å². The summed E-state index contributed by atoms with van der Waals surface area (Å²) in [5, 5.41) is 0. The highest BCUT2D eigenvalue weighted by Gasteiger charge is 2.17. The lowest BCUT2D eigenvalue weighted by atomic mass is 10.2. The summed E-state index contributed by atoms with van der Waals surface area (Å²) in [6, 6.07) is 8.64. The Labute approximate surface area is 125 Å². The van der Waals surface area contributed by atoms with E-state index < -0.39 is 26.5 Å². The van der Waals surface area contributed by atoms with Crippen molar-refractivity contribution in [3.63, 3.8) is 0 Å². The Hall–Kier alpha value is -1.39. The van der Waals surface area contributed by atoms with Crippen molar-refractivity contribution in [2.45, 2.75) is 45.7 Å². The van der Waals surface area contributed by atoms with Crippen molar-refractivity contribution in [1.29, 1.82) is 0 Å². The molecule has 1 aromatic carbocycles. The molecule has 0 aliphatic heterocycles. The highest BCUT2D eigenvalue weighted by Crippen LogP contribution is 2.09. The zero-order chi connectivity index (χ0) is 16.9. The summed E-state index contributed by atoms with van der Waals surface area (Å²) < 4.78 is 27.1. The monoisotopic (exact) mass is 294 g/mol. The van der Waals surface area contributed by atoms with Gasteiger partial charge in [0.2, 0.25) is 0 Å². The van der Waals surface area contributed by atoms with Crippen LogP contribution in [-0.4, -0.2) is 26.5 Å². The molecule has 1 aromatic rings. The van der Waals surface area contributed by atoms with Crippen LogP contribution in [0.1, 0.15) is 26.9 Å². The summed E-state index contributed by atoms with van der Waals surface area (Å²) >= 11 is 0. The van der Waals surface area contributed by atoms with Gasteiger partial charge in [-0.25, -0.2) is 4.79 Å². The van der Waals surface area contributed by atoms with Crippen molar-refractivity contribution in [3.8, 4) is 0 Å². The molecule has 2 atom stereocenters. The molecule has 20 heavy (non-hydrogen) atoms. The van der Waals surface area contributed by atoms with Crippen LogP contribution in [0.15, 0.2) is 42.4 Å². The summed E-state index contributed by atoms with van der Waals surface area (Å²) in [4.78, 5) is 12.0. The molecule has 0 amide bonds. The standard InChI is InChI=1S/C16H24O3Si/c1-13(11-12-14(2)19-20(3,4)5)18-16(17)15-9-7-6-8-10-15/h6-14H,1-5H3/b12-11+/t13-,14?/m1/s1/i11D,12D. The number of carbonyl (C=O) groups is 1. The largest absolute Gasteiger partial charge is 0.455 e. The van der Waals surface area contributed by atoms with Crippen LogP contribution >= 0.6 is 0 Å². The van der Waals surface area contributed by atoms with Gasteiger partial charge in [-0.2, -0.15) is 0 Å². The third-order valence-electron chi connectivity index (χ3n) is 2.31. The van der Waals surface area contributed by atoms with Crippen LogP contribution < -0.4 is 0 Å². The molecule has 0 N–H and O–H groups in total. The Kier molecular flexibility index (Phi) is 5.03. The van der Waals surface area contributed by atoms with Gasteiger partial charge in [-0.05, 0) is 51.7 Å². The molecule has 0 radical (unpaired) electrons. The minimum atomic E-state index is -1.79. The molecule has 0 aromatic heterocycles. The highest BCUT2D eigenvalue weighted by molar-refractivity contribution is 6.69. The Morgan fingerprint density at radius 2 is 1.70 bits per heavy atom. The molecule has 4 heteroatoms. The second kappa shape index (κ2) is 7.41. The summed E-state index contributed by atoms with van der Waals surface area (Å²) in [7, 11) is -1.79. The van der Waals surface area contributed by atoms with E-state index in [1.807, 2.05) is 25.7 Å². The van der Waals surface area contributed by atoms with E-state index in [1.54, 1.807) is 38.1 Å². The molecule has 0 bridgehead atoms. The van der Waals surface area contributed by atoms with Gasteiger partial charge in [0.05, 0.1) is 14.4 Å². The van der Waals surface area contributed by atoms with E-state index in [-0.39, 0.29) is 12.1 Å². The molecule has 3 nitrogen and oxygen atoms in total. The fraction of sp³-hybridized carbons (Fsp3) is 0.438. The zero-order valence-electron chi connectivity index (χ0n) is 14.8. The lowest BCUT2D eigenvalue weighted by Crippen LogP contribution is -2.29. The van der Waals surface area contributed by atoms with E-state index in [1.165, 1.54) is 0 Å². The maximum Gasteiger partial charge on any atom is 0.338 e. The number of carbonyl (C=O) groups excluding carboxylic acids is 1. The van der Waals surface area contributed by atoms with E-state index in [4.69, 9.17) is 11.9 Å². The second-order valence-corrected chi connectivity index (χ2v) is 10.0. The third kappa shape index (κ3) is 6.68. The van der Waals surface area contributed by atoms with Crippen molar-refractivity contribution in [2.75, 3.05) is 0 Å². The lowest BCUT2D eigenvalue weighted by molar-refractivity contribution is 0.0423. The first-order valence-corrected chi connectivity index (χ1v) is 10.1. The van der Waals surface area contributed by atoms with Gasteiger partial charge in [-0.15, -0.1) is 0 Å². The lowest BCUT2D eigenvalue weighted by Gasteiger charge is -2.21. The van der Waals surface area contributed by atoms with Crippen molar-refractivity contribution >= 4 is 14.3 Å². The first kappa shape index (κ1) is 13.6. The van der Waals surface area contributed by atoms with Crippen LogP contribution in [0.5, 0.6) is 0 Å². The van der Waals surface area contributed by atoms with E-state index in [2.05, 4.69) is 0 Å². The van der Waals surface area contributed by atoms with Crippen LogP contribution in [0.4, 0.5) is 0 Å². The molecule has 0 saturated heterocycles. The van der Waals surface area contributed by atoms with Crippen LogP contribution in [0.2, 0.25) is 19.6 Å². The number of hydrogen-bond donors (Lipinski definition) is 0. The normalized spacial score (nSPS) is 17.4.